The number of nitrogens with zero attached hydrogens (tertiary/aromatic N) is 2. The first-order chi connectivity index (χ1) is 9.55. The lowest BCUT2D eigenvalue weighted by molar-refractivity contribution is 0.580. The van der Waals surface area contributed by atoms with Crippen molar-refractivity contribution in [3.63, 3.8) is 0 Å². The summed E-state index contributed by atoms with van der Waals surface area (Å²) in [5, 5.41) is 7.89. The number of rotatable bonds is 5. The van der Waals surface area contributed by atoms with Gasteiger partial charge >= 0.3 is 0 Å². The molecule has 0 spiro atoms. The van der Waals surface area contributed by atoms with E-state index in [1.54, 1.807) is 6.07 Å². The first-order valence-corrected chi connectivity index (χ1v) is 7.06. The predicted molar refractivity (Wildman–Crippen MR) is 79.5 cm³/mol. The molecule has 2 rings (SSSR count). The van der Waals surface area contributed by atoms with Crippen LogP contribution < -0.4 is 5.32 Å². The number of benzene rings is 1. The Morgan fingerprint density at radius 2 is 2.20 bits per heavy atom. The Hall–Kier alpha value is -1.39. The second-order valence-corrected chi connectivity index (χ2v) is 5.26. The summed E-state index contributed by atoms with van der Waals surface area (Å²) in [6.45, 7) is 2.08. The van der Waals surface area contributed by atoms with Gasteiger partial charge in [-0.2, -0.15) is 5.10 Å². The highest BCUT2D eigenvalue weighted by atomic mass is 35.5. The van der Waals surface area contributed by atoms with Gasteiger partial charge in [-0.1, -0.05) is 24.6 Å². The van der Waals surface area contributed by atoms with E-state index < -0.39 is 0 Å². The molecule has 1 heterocycles. The van der Waals surface area contributed by atoms with Gasteiger partial charge in [0.15, 0.2) is 0 Å². The zero-order valence-corrected chi connectivity index (χ0v) is 12.7. The van der Waals surface area contributed by atoms with Crippen LogP contribution >= 0.6 is 11.6 Å². The smallest absolute Gasteiger partial charge is 0.142 e. The highest BCUT2D eigenvalue weighted by molar-refractivity contribution is 6.30. The number of aromatic nitrogens is 2. The van der Waals surface area contributed by atoms with Crippen molar-refractivity contribution in [1.29, 1.82) is 0 Å². The molecule has 108 valence electrons. The van der Waals surface area contributed by atoms with Crippen LogP contribution in [-0.2, 0) is 19.9 Å². The second kappa shape index (κ2) is 6.37. The van der Waals surface area contributed by atoms with Gasteiger partial charge in [-0.05, 0) is 37.6 Å². The lowest BCUT2D eigenvalue weighted by Gasteiger charge is -2.16. The molecule has 0 radical (unpaired) electrons. The molecule has 1 N–H and O–H groups in total. The van der Waals surface area contributed by atoms with Gasteiger partial charge in [0.2, 0.25) is 0 Å². The van der Waals surface area contributed by atoms with Crippen LogP contribution in [0.5, 0.6) is 0 Å². The molecule has 0 aliphatic rings. The molecule has 2 aromatic rings. The maximum absolute atomic E-state index is 13.5. The third kappa shape index (κ3) is 3.19. The van der Waals surface area contributed by atoms with Crippen LogP contribution in [0.25, 0.3) is 0 Å². The number of nitrogens with one attached hydrogen (secondary N) is 1. The zero-order valence-electron chi connectivity index (χ0n) is 12.0. The van der Waals surface area contributed by atoms with Crippen molar-refractivity contribution in [2.24, 2.45) is 7.05 Å². The molecule has 3 nitrogen and oxygen atoms in total. The summed E-state index contributed by atoms with van der Waals surface area (Å²) in [6, 6.07) is 5.06. The maximum atomic E-state index is 13.5. The van der Waals surface area contributed by atoms with E-state index in [9.17, 15) is 4.39 Å². The number of aryl methyl sites for hydroxylation is 2. The first-order valence-electron chi connectivity index (χ1n) is 6.68. The number of halogens is 2. The van der Waals surface area contributed by atoms with Crippen molar-refractivity contribution in [3.8, 4) is 0 Å². The van der Waals surface area contributed by atoms with Gasteiger partial charge in [0.1, 0.15) is 5.82 Å². The molecule has 1 unspecified atom stereocenters. The summed E-state index contributed by atoms with van der Waals surface area (Å²) < 4.78 is 15.3. The fraction of sp³-hybridized carbons (Fsp3) is 0.400. The zero-order chi connectivity index (χ0) is 14.7. The second-order valence-electron chi connectivity index (χ2n) is 4.85. The number of hydrogen-bond donors (Lipinski definition) is 1. The Labute approximate surface area is 123 Å². The molecule has 0 amide bonds. The van der Waals surface area contributed by atoms with Gasteiger partial charge < -0.3 is 5.32 Å². The van der Waals surface area contributed by atoms with Gasteiger partial charge in [-0.15, -0.1) is 0 Å². The summed E-state index contributed by atoms with van der Waals surface area (Å²) in [5.41, 5.74) is 3.14. The van der Waals surface area contributed by atoms with Crippen LogP contribution in [0.3, 0.4) is 0 Å². The molecule has 0 saturated heterocycles. The molecule has 0 saturated carbocycles. The Morgan fingerprint density at radius 1 is 1.45 bits per heavy atom. The number of likely N-dealkylation sites (N-methyl/N-ethyl adjacent to an activating group) is 1. The quantitative estimate of drug-likeness (QED) is 0.917. The van der Waals surface area contributed by atoms with Crippen LogP contribution in [0.15, 0.2) is 24.4 Å². The Bertz CT molecular complexity index is 595. The third-order valence-corrected chi connectivity index (χ3v) is 3.73. The Morgan fingerprint density at radius 3 is 2.80 bits per heavy atom. The van der Waals surface area contributed by atoms with Crippen molar-refractivity contribution >= 4 is 11.6 Å². The molecular formula is C15H19ClFN3. The van der Waals surface area contributed by atoms with E-state index >= 15 is 0 Å². The van der Waals surface area contributed by atoms with Crippen LogP contribution in [0.2, 0.25) is 5.02 Å². The normalized spacial score (nSPS) is 12.7. The van der Waals surface area contributed by atoms with E-state index in [0.29, 0.717) is 6.42 Å². The van der Waals surface area contributed by atoms with E-state index in [1.807, 2.05) is 31.0 Å². The van der Waals surface area contributed by atoms with Gasteiger partial charge in [0.25, 0.3) is 0 Å². The van der Waals surface area contributed by atoms with Crippen LogP contribution in [0.4, 0.5) is 4.39 Å². The van der Waals surface area contributed by atoms with Gasteiger partial charge in [0, 0.05) is 24.8 Å². The molecule has 1 aromatic carbocycles. The fourth-order valence-electron chi connectivity index (χ4n) is 2.39. The van der Waals surface area contributed by atoms with E-state index in [0.717, 1.165) is 23.2 Å². The van der Waals surface area contributed by atoms with E-state index in [1.165, 1.54) is 6.07 Å². The summed E-state index contributed by atoms with van der Waals surface area (Å²) in [4.78, 5) is 0. The number of hydrogen-bond acceptors (Lipinski definition) is 2. The van der Waals surface area contributed by atoms with Crippen LogP contribution in [0, 0.1) is 5.82 Å². The average molecular weight is 296 g/mol. The van der Waals surface area contributed by atoms with Crippen molar-refractivity contribution in [3.05, 3.63) is 52.1 Å². The predicted octanol–water partition coefficient (Wildman–Crippen LogP) is 3.28. The lowest BCUT2D eigenvalue weighted by atomic mass is 9.98. The topological polar surface area (TPSA) is 29.9 Å². The first kappa shape index (κ1) is 15.0. The van der Waals surface area contributed by atoms with E-state index in [4.69, 9.17) is 11.6 Å². The minimum absolute atomic E-state index is 0.110. The van der Waals surface area contributed by atoms with Gasteiger partial charge in [0.05, 0.1) is 10.7 Å². The molecule has 0 fully saturated rings. The molecule has 0 aliphatic carbocycles. The minimum atomic E-state index is -0.374. The Kier molecular flexibility index (Phi) is 4.78. The van der Waals surface area contributed by atoms with Crippen LogP contribution in [0.1, 0.15) is 29.8 Å². The molecule has 5 heteroatoms. The molecule has 1 aromatic heterocycles. The summed E-state index contributed by atoms with van der Waals surface area (Å²) >= 11 is 5.72. The van der Waals surface area contributed by atoms with Gasteiger partial charge in [-0.25, -0.2) is 4.39 Å². The Balaban J connectivity index is 2.26. The van der Waals surface area contributed by atoms with Gasteiger partial charge in [-0.3, -0.25) is 4.68 Å². The third-order valence-electron chi connectivity index (χ3n) is 3.42. The average Bonchev–Trinajstić information content (AvgIpc) is 2.81. The maximum Gasteiger partial charge on any atom is 0.142 e. The fourth-order valence-corrected chi connectivity index (χ4v) is 2.51. The molecule has 0 aliphatic heterocycles. The van der Waals surface area contributed by atoms with Crippen molar-refractivity contribution in [2.75, 3.05) is 7.05 Å². The molecule has 1 atom stereocenters. The highest BCUT2D eigenvalue weighted by Gasteiger charge is 2.17. The van der Waals surface area contributed by atoms with Crippen molar-refractivity contribution < 1.29 is 4.39 Å². The molecule has 20 heavy (non-hydrogen) atoms. The highest BCUT2D eigenvalue weighted by Crippen LogP contribution is 2.23. The van der Waals surface area contributed by atoms with Crippen molar-refractivity contribution in [2.45, 2.75) is 25.8 Å². The summed E-state index contributed by atoms with van der Waals surface area (Å²) in [5.74, 6) is -0.374. The van der Waals surface area contributed by atoms with E-state index in [2.05, 4.69) is 17.3 Å². The summed E-state index contributed by atoms with van der Waals surface area (Å²) in [6.07, 6.45) is 3.60. The molecular weight excluding hydrogens is 277 g/mol. The lowest BCUT2D eigenvalue weighted by Crippen LogP contribution is -2.19. The standard InChI is InChI=1S/C15H19ClFN3/c1-4-14-11(9-20(3)19-14)15(18-2)8-10-5-6-12(16)13(17)7-10/h5-7,9,15,18H,4,8H2,1-3H3. The van der Waals surface area contributed by atoms with Crippen molar-refractivity contribution in [1.82, 2.24) is 15.1 Å². The monoisotopic (exact) mass is 295 g/mol. The minimum Gasteiger partial charge on any atom is -0.313 e. The summed E-state index contributed by atoms with van der Waals surface area (Å²) in [7, 11) is 3.82. The van der Waals surface area contributed by atoms with Crippen LogP contribution in [-0.4, -0.2) is 16.8 Å². The van der Waals surface area contributed by atoms with E-state index in [-0.39, 0.29) is 16.9 Å². The SMILES string of the molecule is CCc1nn(C)cc1C(Cc1ccc(Cl)c(F)c1)NC. The largest absolute Gasteiger partial charge is 0.313 e. The molecule has 0 bridgehead atoms.